The highest BCUT2D eigenvalue weighted by Gasteiger charge is 2.30. The first kappa shape index (κ1) is 15.1. The van der Waals surface area contributed by atoms with Crippen LogP contribution >= 0.6 is 0 Å². The third kappa shape index (κ3) is 2.47. The first-order valence-corrected chi connectivity index (χ1v) is 8.01. The molecule has 0 N–H and O–H groups in total. The van der Waals surface area contributed by atoms with Gasteiger partial charge in [0, 0.05) is 41.0 Å². The summed E-state index contributed by atoms with van der Waals surface area (Å²) in [4.78, 5) is 18.7. The van der Waals surface area contributed by atoms with Gasteiger partial charge in [-0.2, -0.15) is 5.26 Å². The van der Waals surface area contributed by atoms with Crippen molar-refractivity contribution in [3.05, 3.63) is 78.1 Å². The van der Waals surface area contributed by atoms with Gasteiger partial charge >= 0.3 is 0 Å². The zero-order valence-electron chi connectivity index (χ0n) is 13.6. The van der Waals surface area contributed by atoms with Crippen molar-refractivity contribution in [3.63, 3.8) is 0 Å². The van der Waals surface area contributed by atoms with E-state index in [1.165, 1.54) is 0 Å². The second kappa shape index (κ2) is 5.88. The van der Waals surface area contributed by atoms with Crippen LogP contribution in [0, 0.1) is 11.3 Å². The molecule has 0 radical (unpaired) electrons. The van der Waals surface area contributed by atoms with Crippen molar-refractivity contribution < 1.29 is 4.79 Å². The topological polar surface area (TPSA) is 57.0 Å². The fraction of sp³-hybridized carbons (Fsp3) is 0.0952. The molecule has 0 unspecified atom stereocenters. The van der Waals surface area contributed by atoms with Crippen molar-refractivity contribution in [1.29, 1.82) is 5.26 Å². The van der Waals surface area contributed by atoms with E-state index in [2.05, 4.69) is 17.6 Å². The van der Waals surface area contributed by atoms with Crippen molar-refractivity contribution in [1.82, 2.24) is 9.88 Å². The maximum absolute atomic E-state index is 12.7. The normalized spacial score (nSPS) is 12.9. The monoisotopic (exact) mass is 325 g/mol. The zero-order valence-corrected chi connectivity index (χ0v) is 13.6. The Morgan fingerprint density at radius 3 is 2.76 bits per heavy atom. The van der Waals surface area contributed by atoms with Crippen LogP contribution in [-0.4, -0.2) is 22.3 Å². The number of pyridine rings is 1. The van der Waals surface area contributed by atoms with E-state index in [-0.39, 0.29) is 12.5 Å². The molecule has 1 amide bonds. The van der Waals surface area contributed by atoms with Crippen LogP contribution < -0.4 is 0 Å². The maximum Gasteiger partial charge on any atom is 0.254 e. The molecule has 2 heterocycles. The van der Waals surface area contributed by atoms with Gasteiger partial charge in [-0.25, -0.2) is 0 Å². The standard InChI is InChI=1S/C21H15N3O/c1-14(9-22)12-24-13-20-17(7-4-8-18(20)21(24)25)19-11-23-10-15-5-2-3-6-16(15)19/h2-8,10-11H,1,12-13H2. The summed E-state index contributed by atoms with van der Waals surface area (Å²) in [6, 6.07) is 15.9. The molecule has 0 aliphatic carbocycles. The van der Waals surface area contributed by atoms with E-state index in [0.717, 1.165) is 27.5 Å². The summed E-state index contributed by atoms with van der Waals surface area (Å²) in [6.07, 6.45) is 3.69. The Morgan fingerprint density at radius 1 is 1.12 bits per heavy atom. The predicted octanol–water partition coefficient (Wildman–Crippen LogP) is 3.94. The van der Waals surface area contributed by atoms with E-state index in [9.17, 15) is 4.79 Å². The highest BCUT2D eigenvalue weighted by atomic mass is 16.2. The molecule has 0 bridgehead atoms. The second-order valence-electron chi connectivity index (χ2n) is 6.12. The smallest absolute Gasteiger partial charge is 0.254 e. The van der Waals surface area contributed by atoms with E-state index in [4.69, 9.17) is 5.26 Å². The molecule has 0 fully saturated rings. The minimum Gasteiger partial charge on any atom is -0.329 e. The molecule has 120 valence electrons. The molecule has 0 saturated carbocycles. The van der Waals surface area contributed by atoms with Crippen molar-refractivity contribution in [2.75, 3.05) is 6.54 Å². The zero-order chi connectivity index (χ0) is 17.4. The lowest BCUT2D eigenvalue weighted by atomic mass is 9.95. The highest BCUT2D eigenvalue weighted by molar-refractivity contribution is 6.03. The van der Waals surface area contributed by atoms with E-state index in [1.807, 2.05) is 54.9 Å². The molecular formula is C21H15N3O. The average Bonchev–Trinajstić information content (AvgIpc) is 2.97. The molecule has 3 aromatic rings. The van der Waals surface area contributed by atoms with Gasteiger partial charge in [-0.3, -0.25) is 9.78 Å². The fourth-order valence-electron chi connectivity index (χ4n) is 3.37. The first-order valence-electron chi connectivity index (χ1n) is 8.01. The van der Waals surface area contributed by atoms with Gasteiger partial charge in [0.2, 0.25) is 0 Å². The molecule has 0 saturated heterocycles. The Morgan fingerprint density at radius 2 is 1.92 bits per heavy atom. The van der Waals surface area contributed by atoms with Gasteiger partial charge in [0.05, 0.1) is 12.6 Å². The summed E-state index contributed by atoms with van der Waals surface area (Å²) < 4.78 is 0. The number of hydrogen-bond donors (Lipinski definition) is 0. The molecule has 1 aromatic heterocycles. The van der Waals surface area contributed by atoms with E-state index < -0.39 is 0 Å². The maximum atomic E-state index is 12.7. The largest absolute Gasteiger partial charge is 0.329 e. The first-order chi connectivity index (χ1) is 12.2. The molecule has 1 aliphatic heterocycles. The van der Waals surface area contributed by atoms with Crippen LogP contribution in [0.2, 0.25) is 0 Å². The van der Waals surface area contributed by atoms with Crippen LogP contribution in [0.15, 0.2) is 67.0 Å². The number of rotatable bonds is 3. The average molecular weight is 325 g/mol. The Balaban J connectivity index is 1.84. The number of nitriles is 1. The molecule has 4 nitrogen and oxygen atoms in total. The number of carbonyl (C=O) groups excluding carboxylic acids is 1. The van der Waals surface area contributed by atoms with Crippen LogP contribution in [0.4, 0.5) is 0 Å². The molecule has 2 aromatic carbocycles. The molecule has 4 heteroatoms. The SMILES string of the molecule is C=C(C#N)CN1Cc2c(cccc2-c2cncc3ccccc23)C1=O. The summed E-state index contributed by atoms with van der Waals surface area (Å²) in [7, 11) is 0. The number of amides is 1. The van der Waals surface area contributed by atoms with Crippen molar-refractivity contribution in [2.24, 2.45) is 0 Å². The minimum atomic E-state index is -0.0542. The van der Waals surface area contributed by atoms with Gasteiger partial charge in [0.25, 0.3) is 5.91 Å². The summed E-state index contributed by atoms with van der Waals surface area (Å²) in [6.45, 7) is 4.43. The van der Waals surface area contributed by atoms with Gasteiger partial charge in [0.15, 0.2) is 0 Å². The van der Waals surface area contributed by atoms with Gasteiger partial charge in [-0.1, -0.05) is 43.0 Å². The summed E-state index contributed by atoms with van der Waals surface area (Å²) >= 11 is 0. The van der Waals surface area contributed by atoms with Crippen LogP contribution in [0.1, 0.15) is 15.9 Å². The predicted molar refractivity (Wildman–Crippen MR) is 96.7 cm³/mol. The molecular weight excluding hydrogens is 310 g/mol. The lowest BCUT2D eigenvalue weighted by Gasteiger charge is -2.14. The van der Waals surface area contributed by atoms with Crippen LogP contribution in [-0.2, 0) is 6.54 Å². The number of hydrogen-bond acceptors (Lipinski definition) is 3. The number of carbonyl (C=O) groups is 1. The minimum absolute atomic E-state index is 0.0542. The van der Waals surface area contributed by atoms with Gasteiger partial charge < -0.3 is 4.90 Å². The lowest BCUT2D eigenvalue weighted by Crippen LogP contribution is -2.25. The summed E-state index contributed by atoms with van der Waals surface area (Å²) in [5, 5.41) is 11.1. The molecule has 1 aliphatic rings. The van der Waals surface area contributed by atoms with Gasteiger partial charge in [-0.05, 0) is 22.6 Å². The van der Waals surface area contributed by atoms with Crippen LogP contribution in [0.25, 0.3) is 21.9 Å². The number of benzene rings is 2. The Labute approximate surface area is 145 Å². The van der Waals surface area contributed by atoms with Crippen LogP contribution in [0.5, 0.6) is 0 Å². The Hall–Kier alpha value is -3.45. The Kier molecular flexibility index (Phi) is 3.55. The van der Waals surface area contributed by atoms with Gasteiger partial charge in [0.1, 0.15) is 0 Å². The Bertz CT molecular complexity index is 1060. The van der Waals surface area contributed by atoms with E-state index in [0.29, 0.717) is 17.7 Å². The number of fused-ring (bicyclic) bond motifs is 2. The van der Waals surface area contributed by atoms with E-state index >= 15 is 0 Å². The van der Waals surface area contributed by atoms with Crippen molar-refractivity contribution in [2.45, 2.75) is 6.54 Å². The quantitative estimate of drug-likeness (QED) is 0.685. The van der Waals surface area contributed by atoms with Crippen molar-refractivity contribution in [3.8, 4) is 17.2 Å². The van der Waals surface area contributed by atoms with E-state index in [1.54, 1.807) is 4.90 Å². The number of aromatic nitrogens is 1. The molecule has 0 atom stereocenters. The summed E-state index contributed by atoms with van der Waals surface area (Å²) in [5.41, 5.74) is 4.09. The van der Waals surface area contributed by atoms with Crippen LogP contribution in [0.3, 0.4) is 0 Å². The fourth-order valence-corrected chi connectivity index (χ4v) is 3.37. The molecule has 25 heavy (non-hydrogen) atoms. The summed E-state index contributed by atoms with van der Waals surface area (Å²) in [5.74, 6) is -0.0542. The molecule has 4 rings (SSSR count). The highest BCUT2D eigenvalue weighted by Crippen LogP contribution is 2.35. The second-order valence-corrected chi connectivity index (χ2v) is 6.12. The number of nitrogens with zero attached hydrogens (tertiary/aromatic N) is 3. The van der Waals surface area contributed by atoms with Gasteiger partial charge in [-0.15, -0.1) is 0 Å². The molecule has 0 spiro atoms. The lowest BCUT2D eigenvalue weighted by molar-refractivity contribution is 0.0794. The third-order valence-electron chi connectivity index (χ3n) is 4.54. The van der Waals surface area contributed by atoms with Crippen molar-refractivity contribution >= 4 is 16.7 Å². The third-order valence-corrected chi connectivity index (χ3v) is 4.54.